The van der Waals surface area contributed by atoms with Gasteiger partial charge in [0, 0.05) is 26.2 Å². The lowest BCUT2D eigenvalue weighted by Crippen LogP contribution is -2.52. The molecule has 25 heavy (non-hydrogen) atoms. The third-order valence-corrected chi connectivity index (χ3v) is 6.90. The Balaban J connectivity index is 1.57. The largest absolute Gasteiger partial charge is 0.484 e. The predicted octanol–water partition coefficient (Wildman–Crippen LogP) is 0.718. The summed E-state index contributed by atoms with van der Waals surface area (Å²) in [4.78, 5) is 14.0. The molecule has 0 aliphatic carbocycles. The zero-order chi connectivity index (χ0) is 17.7. The maximum absolute atomic E-state index is 12.8. The standard InChI is InChI=1S/C17H24N2O5S/c20-17(14-24-15-5-2-1-3-6-15)18-8-4-7-16(13-18)25(21,22)19-9-11-23-12-10-19/h1-3,5-6,16H,4,7-14H2/t16-/m1/s1. The molecule has 2 heterocycles. The maximum Gasteiger partial charge on any atom is 0.260 e. The number of benzene rings is 1. The molecule has 0 aromatic heterocycles. The summed E-state index contributed by atoms with van der Waals surface area (Å²) in [5, 5.41) is -0.542. The normalized spacial score (nSPS) is 22.6. The molecule has 138 valence electrons. The minimum atomic E-state index is -3.40. The molecular formula is C17H24N2O5S. The molecule has 0 radical (unpaired) electrons. The molecule has 8 heteroatoms. The molecule has 0 N–H and O–H groups in total. The Morgan fingerprint density at radius 3 is 2.60 bits per heavy atom. The number of sulfonamides is 1. The molecule has 1 aromatic carbocycles. The van der Waals surface area contributed by atoms with Crippen LogP contribution in [0.3, 0.4) is 0 Å². The average Bonchev–Trinajstić information content (AvgIpc) is 2.67. The van der Waals surface area contributed by atoms with Gasteiger partial charge < -0.3 is 14.4 Å². The number of nitrogens with zero attached hydrogens (tertiary/aromatic N) is 2. The number of carbonyl (C=O) groups excluding carboxylic acids is 1. The van der Waals surface area contributed by atoms with Crippen LogP contribution in [0.15, 0.2) is 30.3 Å². The van der Waals surface area contributed by atoms with Crippen LogP contribution in [0, 0.1) is 0 Å². The van der Waals surface area contributed by atoms with Crippen LogP contribution in [-0.2, 0) is 19.6 Å². The van der Waals surface area contributed by atoms with Crippen LogP contribution >= 0.6 is 0 Å². The highest BCUT2D eigenvalue weighted by atomic mass is 32.2. The Kier molecular flexibility index (Phi) is 5.93. The summed E-state index contributed by atoms with van der Waals surface area (Å²) < 4.78 is 37.8. The Labute approximate surface area is 148 Å². The number of ether oxygens (including phenoxy) is 2. The molecule has 2 saturated heterocycles. The second-order valence-corrected chi connectivity index (χ2v) is 8.48. The number of hydrogen-bond acceptors (Lipinski definition) is 5. The summed E-state index contributed by atoms with van der Waals surface area (Å²) in [6.07, 6.45) is 1.27. The first-order valence-electron chi connectivity index (χ1n) is 8.60. The third-order valence-electron chi connectivity index (χ3n) is 4.59. The molecular weight excluding hydrogens is 344 g/mol. The lowest BCUT2D eigenvalue weighted by Gasteiger charge is -2.36. The second kappa shape index (κ2) is 8.16. The van der Waals surface area contributed by atoms with Crippen molar-refractivity contribution in [2.75, 3.05) is 46.0 Å². The van der Waals surface area contributed by atoms with Crippen molar-refractivity contribution in [3.05, 3.63) is 30.3 Å². The monoisotopic (exact) mass is 368 g/mol. The first-order valence-corrected chi connectivity index (χ1v) is 10.1. The minimum Gasteiger partial charge on any atom is -0.484 e. The SMILES string of the molecule is O=C(COc1ccccc1)N1CCC[C@@H](S(=O)(=O)N2CCOCC2)C1. The van der Waals surface area contributed by atoms with Crippen molar-refractivity contribution < 1.29 is 22.7 Å². The van der Waals surface area contributed by atoms with Crippen LogP contribution in [-0.4, -0.2) is 74.8 Å². The molecule has 0 unspecified atom stereocenters. The molecule has 2 aliphatic heterocycles. The lowest BCUT2D eigenvalue weighted by molar-refractivity contribution is -0.134. The van der Waals surface area contributed by atoms with E-state index >= 15 is 0 Å². The highest BCUT2D eigenvalue weighted by molar-refractivity contribution is 7.89. The van der Waals surface area contributed by atoms with Crippen molar-refractivity contribution in [1.82, 2.24) is 9.21 Å². The number of para-hydroxylation sites is 1. The molecule has 0 saturated carbocycles. The summed E-state index contributed by atoms with van der Waals surface area (Å²) in [5.41, 5.74) is 0. The molecule has 2 fully saturated rings. The van der Waals surface area contributed by atoms with E-state index in [9.17, 15) is 13.2 Å². The Bertz CT molecular complexity index is 674. The van der Waals surface area contributed by atoms with Gasteiger partial charge in [-0.05, 0) is 25.0 Å². The quantitative estimate of drug-likeness (QED) is 0.765. The highest BCUT2D eigenvalue weighted by Crippen LogP contribution is 2.21. The van der Waals surface area contributed by atoms with Crippen LogP contribution < -0.4 is 4.74 Å². The number of carbonyl (C=O) groups is 1. The van der Waals surface area contributed by atoms with Gasteiger partial charge in [-0.2, -0.15) is 4.31 Å². The van der Waals surface area contributed by atoms with Gasteiger partial charge in [0.25, 0.3) is 5.91 Å². The molecule has 0 bridgehead atoms. The van der Waals surface area contributed by atoms with Crippen LogP contribution in [0.5, 0.6) is 5.75 Å². The van der Waals surface area contributed by atoms with E-state index in [0.717, 1.165) is 0 Å². The zero-order valence-corrected chi connectivity index (χ0v) is 15.0. The number of likely N-dealkylation sites (tertiary alicyclic amines) is 1. The molecule has 0 spiro atoms. The van der Waals surface area contributed by atoms with E-state index < -0.39 is 15.3 Å². The van der Waals surface area contributed by atoms with Gasteiger partial charge in [0.2, 0.25) is 10.0 Å². The van der Waals surface area contributed by atoms with E-state index in [2.05, 4.69) is 0 Å². The maximum atomic E-state index is 12.8. The molecule has 1 atom stereocenters. The summed E-state index contributed by atoms with van der Waals surface area (Å²) in [7, 11) is -3.40. The Hall–Kier alpha value is -1.64. The first-order chi connectivity index (χ1) is 12.1. The highest BCUT2D eigenvalue weighted by Gasteiger charge is 2.37. The van der Waals surface area contributed by atoms with Crippen molar-refractivity contribution in [3.63, 3.8) is 0 Å². The van der Waals surface area contributed by atoms with Gasteiger partial charge >= 0.3 is 0 Å². The summed E-state index contributed by atoms with van der Waals surface area (Å²) in [5.74, 6) is 0.455. The van der Waals surface area contributed by atoms with Gasteiger partial charge in [-0.25, -0.2) is 8.42 Å². The van der Waals surface area contributed by atoms with Crippen molar-refractivity contribution in [2.24, 2.45) is 0 Å². The van der Waals surface area contributed by atoms with E-state index in [0.29, 0.717) is 51.4 Å². The van der Waals surface area contributed by atoms with E-state index in [1.54, 1.807) is 17.0 Å². The fraction of sp³-hybridized carbons (Fsp3) is 0.588. The van der Waals surface area contributed by atoms with Gasteiger partial charge in [0.1, 0.15) is 5.75 Å². The van der Waals surface area contributed by atoms with Crippen molar-refractivity contribution in [1.29, 1.82) is 0 Å². The van der Waals surface area contributed by atoms with E-state index in [-0.39, 0.29) is 19.1 Å². The topological polar surface area (TPSA) is 76.2 Å². The molecule has 2 aliphatic rings. The van der Waals surface area contributed by atoms with Gasteiger partial charge in [-0.1, -0.05) is 18.2 Å². The van der Waals surface area contributed by atoms with Gasteiger partial charge in [-0.3, -0.25) is 4.79 Å². The smallest absolute Gasteiger partial charge is 0.260 e. The van der Waals surface area contributed by atoms with E-state index in [1.165, 1.54) is 4.31 Å². The van der Waals surface area contributed by atoms with E-state index in [4.69, 9.17) is 9.47 Å². The molecule has 7 nitrogen and oxygen atoms in total. The van der Waals surface area contributed by atoms with Crippen molar-refractivity contribution in [3.8, 4) is 5.75 Å². The Morgan fingerprint density at radius 1 is 1.16 bits per heavy atom. The minimum absolute atomic E-state index is 0.0751. The molecule has 1 aromatic rings. The number of amides is 1. The van der Waals surface area contributed by atoms with Crippen LogP contribution in [0.2, 0.25) is 0 Å². The van der Waals surface area contributed by atoms with Crippen LogP contribution in [0.25, 0.3) is 0 Å². The predicted molar refractivity (Wildman–Crippen MR) is 92.9 cm³/mol. The lowest BCUT2D eigenvalue weighted by atomic mass is 10.1. The number of piperidine rings is 1. The van der Waals surface area contributed by atoms with E-state index in [1.807, 2.05) is 18.2 Å². The Morgan fingerprint density at radius 2 is 1.88 bits per heavy atom. The average molecular weight is 368 g/mol. The van der Waals surface area contributed by atoms with Crippen LogP contribution in [0.1, 0.15) is 12.8 Å². The van der Waals surface area contributed by atoms with Gasteiger partial charge in [-0.15, -0.1) is 0 Å². The fourth-order valence-electron chi connectivity index (χ4n) is 3.17. The third kappa shape index (κ3) is 4.50. The number of hydrogen-bond donors (Lipinski definition) is 0. The number of rotatable bonds is 5. The molecule has 1 amide bonds. The summed E-state index contributed by atoms with van der Waals surface area (Å²) in [6.45, 7) is 2.38. The van der Waals surface area contributed by atoms with Gasteiger partial charge in [0.05, 0.1) is 18.5 Å². The first kappa shape index (κ1) is 18.2. The van der Waals surface area contributed by atoms with Crippen molar-refractivity contribution >= 4 is 15.9 Å². The summed E-state index contributed by atoms with van der Waals surface area (Å²) in [6, 6.07) is 9.13. The zero-order valence-electron chi connectivity index (χ0n) is 14.2. The second-order valence-electron chi connectivity index (χ2n) is 6.26. The summed E-state index contributed by atoms with van der Waals surface area (Å²) >= 11 is 0. The molecule has 3 rings (SSSR count). The van der Waals surface area contributed by atoms with Crippen LogP contribution in [0.4, 0.5) is 0 Å². The van der Waals surface area contributed by atoms with Crippen molar-refractivity contribution in [2.45, 2.75) is 18.1 Å². The van der Waals surface area contributed by atoms with Gasteiger partial charge in [0.15, 0.2) is 6.61 Å². The fourth-order valence-corrected chi connectivity index (χ4v) is 5.09. The number of morpholine rings is 1.